The molecule has 0 radical (unpaired) electrons. The smallest absolute Gasteiger partial charge is 0.262 e. The van der Waals surface area contributed by atoms with Crippen molar-refractivity contribution in [1.82, 2.24) is 0 Å². The molecule has 2 aromatic rings. The number of carbonyl (C=O) groups is 1. The summed E-state index contributed by atoms with van der Waals surface area (Å²) in [7, 11) is 0. The van der Waals surface area contributed by atoms with Crippen LogP contribution in [0.15, 0.2) is 36.4 Å². The van der Waals surface area contributed by atoms with Gasteiger partial charge >= 0.3 is 0 Å². The van der Waals surface area contributed by atoms with E-state index in [1.165, 1.54) is 0 Å². The highest BCUT2D eigenvalue weighted by atomic mass is 16.5. The molecule has 0 aliphatic carbocycles. The summed E-state index contributed by atoms with van der Waals surface area (Å²) in [6.07, 6.45) is 0. The molecule has 0 aliphatic heterocycles. The first kappa shape index (κ1) is 19.3. The summed E-state index contributed by atoms with van der Waals surface area (Å²) < 4.78 is 11.1. The summed E-state index contributed by atoms with van der Waals surface area (Å²) >= 11 is 0. The third kappa shape index (κ3) is 4.76. The first-order valence-electron chi connectivity index (χ1n) is 8.65. The predicted molar refractivity (Wildman–Crippen MR) is 102 cm³/mol. The molecule has 0 aromatic heterocycles. The van der Waals surface area contributed by atoms with Crippen LogP contribution in [0.2, 0.25) is 0 Å². The highest BCUT2D eigenvalue weighted by molar-refractivity contribution is 5.93. The van der Waals surface area contributed by atoms with E-state index in [4.69, 9.17) is 14.7 Å². The molecule has 5 heteroatoms. The van der Waals surface area contributed by atoms with Crippen molar-refractivity contribution in [1.29, 1.82) is 5.26 Å². The fraction of sp³-hybridized carbons (Fsp3) is 0.333. The van der Waals surface area contributed by atoms with E-state index in [2.05, 4.69) is 25.2 Å². The maximum atomic E-state index is 12.4. The van der Waals surface area contributed by atoms with E-state index in [-0.39, 0.29) is 12.5 Å². The minimum absolute atomic E-state index is 0.141. The van der Waals surface area contributed by atoms with Gasteiger partial charge in [-0.2, -0.15) is 5.26 Å². The molecule has 2 aromatic carbocycles. The Morgan fingerprint density at radius 2 is 1.96 bits per heavy atom. The summed E-state index contributed by atoms with van der Waals surface area (Å²) in [4.78, 5) is 12.4. The van der Waals surface area contributed by atoms with Crippen molar-refractivity contribution in [2.75, 3.05) is 18.5 Å². The molecule has 0 fully saturated rings. The number of ether oxygens (including phenoxy) is 2. The molecule has 5 nitrogen and oxygen atoms in total. The Bertz CT molecular complexity index is 822. The van der Waals surface area contributed by atoms with Crippen LogP contribution in [-0.4, -0.2) is 19.1 Å². The third-order valence-electron chi connectivity index (χ3n) is 3.92. The molecule has 0 unspecified atom stereocenters. The number of amides is 1. The molecule has 0 spiro atoms. The van der Waals surface area contributed by atoms with Gasteiger partial charge in [0.25, 0.3) is 5.91 Å². The molecule has 0 bridgehead atoms. The molecule has 0 saturated carbocycles. The van der Waals surface area contributed by atoms with Crippen LogP contribution in [0.25, 0.3) is 0 Å². The number of anilines is 1. The van der Waals surface area contributed by atoms with Crippen molar-refractivity contribution in [2.45, 2.75) is 33.6 Å². The van der Waals surface area contributed by atoms with Gasteiger partial charge in [-0.25, -0.2) is 0 Å². The van der Waals surface area contributed by atoms with E-state index in [9.17, 15) is 4.79 Å². The summed E-state index contributed by atoms with van der Waals surface area (Å²) in [5, 5.41) is 11.9. The first-order chi connectivity index (χ1) is 12.5. The van der Waals surface area contributed by atoms with Crippen LogP contribution in [0.4, 0.5) is 5.69 Å². The zero-order chi connectivity index (χ0) is 19.1. The number of rotatable bonds is 7. The molecule has 136 valence electrons. The molecule has 2 rings (SSSR count). The molecular formula is C21H24N2O3. The average molecular weight is 352 g/mol. The number of nitrogens with one attached hydrogen (secondary N) is 1. The number of aryl methyl sites for hydroxylation is 1. The van der Waals surface area contributed by atoms with Crippen LogP contribution in [0.5, 0.6) is 11.5 Å². The zero-order valence-electron chi connectivity index (χ0n) is 15.6. The van der Waals surface area contributed by atoms with Gasteiger partial charge in [-0.1, -0.05) is 32.0 Å². The fourth-order valence-electron chi connectivity index (χ4n) is 2.63. The number of nitrogens with zero attached hydrogens (tertiary/aromatic N) is 1. The van der Waals surface area contributed by atoms with Gasteiger partial charge in [-0.15, -0.1) is 0 Å². The van der Waals surface area contributed by atoms with Crippen molar-refractivity contribution in [2.24, 2.45) is 0 Å². The quantitative estimate of drug-likeness (QED) is 0.801. The molecule has 1 amide bonds. The number of benzene rings is 2. The van der Waals surface area contributed by atoms with E-state index in [0.29, 0.717) is 29.6 Å². The minimum Gasteiger partial charge on any atom is -0.490 e. The van der Waals surface area contributed by atoms with Crippen LogP contribution in [-0.2, 0) is 4.79 Å². The van der Waals surface area contributed by atoms with E-state index >= 15 is 0 Å². The standard InChI is InChI=1S/C21H24N2O3/c1-5-25-19-11-16(12-22)9-10-18(19)26-13-20(24)23-21-15(4)7-6-8-17(21)14(2)3/h6-11,14H,5,13H2,1-4H3,(H,23,24). The Morgan fingerprint density at radius 1 is 1.19 bits per heavy atom. The molecule has 0 saturated heterocycles. The zero-order valence-corrected chi connectivity index (χ0v) is 15.6. The number of para-hydroxylation sites is 1. The van der Waals surface area contributed by atoms with E-state index in [1.54, 1.807) is 18.2 Å². The van der Waals surface area contributed by atoms with E-state index < -0.39 is 0 Å². The summed E-state index contributed by atoms with van der Waals surface area (Å²) in [6.45, 7) is 8.30. The molecule has 0 atom stereocenters. The van der Waals surface area contributed by atoms with Crippen molar-refractivity contribution in [3.63, 3.8) is 0 Å². The number of nitriles is 1. The number of hydrogen-bond acceptors (Lipinski definition) is 4. The third-order valence-corrected chi connectivity index (χ3v) is 3.92. The normalized spacial score (nSPS) is 10.3. The van der Waals surface area contributed by atoms with Gasteiger partial charge in [0, 0.05) is 11.8 Å². The van der Waals surface area contributed by atoms with Gasteiger partial charge in [0.15, 0.2) is 18.1 Å². The van der Waals surface area contributed by atoms with Crippen LogP contribution in [0.3, 0.4) is 0 Å². The molecule has 1 N–H and O–H groups in total. The summed E-state index contributed by atoms with van der Waals surface area (Å²) in [6, 6.07) is 12.9. The molecule has 0 aliphatic rings. The molecule has 0 heterocycles. The lowest BCUT2D eigenvalue weighted by atomic mass is 9.98. The van der Waals surface area contributed by atoms with E-state index in [1.807, 2.05) is 32.0 Å². The van der Waals surface area contributed by atoms with Crippen molar-refractivity contribution in [3.05, 3.63) is 53.1 Å². The van der Waals surface area contributed by atoms with Crippen molar-refractivity contribution in [3.8, 4) is 17.6 Å². The van der Waals surface area contributed by atoms with Gasteiger partial charge in [-0.05, 0) is 43.0 Å². The van der Waals surface area contributed by atoms with Crippen LogP contribution >= 0.6 is 0 Å². The van der Waals surface area contributed by atoms with Gasteiger partial charge < -0.3 is 14.8 Å². The Labute approximate surface area is 154 Å². The number of hydrogen-bond donors (Lipinski definition) is 1. The summed E-state index contributed by atoms with van der Waals surface area (Å²) in [5.41, 5.74) is 3.41. The fourth-order valence-corrected chi connectivity index (χ4v) is 2.63. The van der Waals surface area contributed by atoms with Gasteiger partial charge in [-0.3, -0.25) is 4.79 Å². The second kappa shape index (κ2) is 8.91. The predicted octanol–water partition coefficient (Wildman–Crippen LogP) is 4.41. The maximum Gasteiger partial charge on any atom is 0.262 e. The van der Waals surface area contributed by atoms with E-state index in [0.717, 1.165) is 16.8 Å². The second-order valence-electron chi connectivity index (χ2n) is 6.24. The summed E-state index contributed by atoms with van der Waals surface area (Å²) in [5.74, 6) is 0.954. The lowest BCUT2D eigenvalue weighted by Crippen LogP contribution is -2.22. The Kier molecular flexibility index (Phi) is 6.62. The van der Waals surface area contributed by atoms with Gasteiger partial charge in [0.05, 0.1) is 18.2 Å². The Morgan fingerprint density at radius 3 is 2.62 bits per heavy atom. The first-order valence-corrected chi connectivity index (χ1v) is 8.65. The number of carbonyl (C=O) groups excluding carboxylic acids is 1. The Balaban J connectivity index is 2.10. The SMILES string of the molecule is CCOc1cc(C#N)ccc1OCC(=O)Nc1c(C)cccc1C(C)C. The van der Waals surface area contributed by atoms with Crippen LogP contribution < -0.4 is 14.8 Å². The van der Waals surface area contributed by atoms with Crippen LogP contribution in [0, 0.1) is 18.3 Å². The average Bonchev–Trinajstić information content (AvgIpc) is 2.62. The van der Waals surface area contributed by atoms with Crippen molar-refractivity contribution >= 4 is 11.6 Å². The van der Waals surface area contributed by atoms with Gasteiger partial charge in [0.2, 0.25) is 0 Å². The molecule has 26 heavy (non-hydrogen) atoms. The Hall–Kier alpha value is -3.00. The maximum absolute atomic E-state index is 12.4. The highest BCUT2D eigenvalue weighted by Crippen LogP contribution is 2.29. The lowest BCUT2D eigenvalue weighted by molar-refractivity contribution is -0.118. The largest absolute Gasteiger partial charge is 0.490 e. The monoisotopic (exact) mass is 352 g/mol. The van der Waals surface area contributed by atoms with Crippen molar-refractivity contribution < 1.29 is 14.3 Å². The van der Waals surface area contributed by atoms with Gasteiger partial charge in [0.1, 0.15) is 0 Å². The topological polar surface area (TPSA) is 71.3 Å². The second-order valence-corrected chi connectivity index (χ2v) is 6.24. The molecular weight excluding hydrogens is 328 g/mol. The minimum atomic E-state index is -0.243. The highest BCUT2D eigenvalue weighted by Gasteiger charge is 2.14. The van der Waals surface area contributed by atoms with Crippen LogP contribution in [0.1, 0.15) is 43.4 Å². The lowest BCUT2D eigenvalue weighted by Gasteiger charge is -2.17.